The SMILES string of the molecule is CCCNC1CCc2c(OC)cccc2C1C.CCCN[C@H]1CCc2c(O)cccc2C1. The summed E-state index contributed by atoms with van der Waals surface area (Å²) >= 11 is 0. The van der Waals surface area contributed by atoms with E-state index in [1.807, 2.05) is 6.07 Å². The van der Waals surface area contributed by atoms with Gasteiger partial charge in [-0.2, -0.15) is 0 Å². The van der Waals surface area contributed by atoms with Gasteiger partial charge in [-0.25, -0.2) is 0 Å². The zero-order chi connectivity index (χ0) is 22.9. The van der Waals surface area contributed by atoms with E-state index in [-0.39, 0.29) is 0 Å². The minimum atomic E-state index is 0.474. The minimum Gasteiger partial charge on any atom is -0.508 e. The Hall–Kier alpha value is -2.04. The van der Waals surface area contributed by atoms with Gasteiger partial charge in [0.15, 0.2) is 0 Å². The normalized spacial score (nSPS) is 21.7. The number of phenolic OH excluding ortho intramolecular Hbond substituents is 1. The summed E-state index contributed by atoms with van der Waals surface area (Å²) in [4.78, 5) is 0. The van der Waals surface area contributed by atoms with Crippen molar-refractivity contribution in [3.8, 4) is 11.5 Å². The van der Waals surface area contributed by atoms with Gasteiger partial charge in [0, 0.05) is 12.1 Å². The third kappa shape index (κ3) is 6.05. The summed E-state index contributed by atoms with van der Waals surface area (Å²) in [5, 5.41) is 16.9. The molecule has 0 spiro atoms. The lowest BCUT2D eigenvalue weighted by atomic mass is 9.80. The number of aromatic hydroxyl groups is 1. The van der Waals surface area contributed by atoms with Crippen LogP contribution in [-0.4, -0.2) is 37.4 Å². The minimum absolute atomic E-state index is 0.474. The molecule has 176 valence electrons. The average Bonchev–Trinajstić information content (AvgIpc) is 2.82. The Balaban J connectivity index is 0.000000182. The van der Waals surface area contributed by atoms with E-state index in [1.165, 1.54) is 36.0 Å². The molecule has 0 aliphatic heterocycles. The number of benzene rings is 2. The summed E-state index contributed by atoms with van der Waals surface area (Å²) in [7, 11) is 1.77. The topological polar surface area (TPSA) is 53.5 Å². The Bertz CT molecular complexity index is 851. The van der Waals surface area contributed by atoms with Gasteiger partial charge >= 0.3 is 0 Å². The van der Waals surface area contributed by atoms with Gasteiger partial charge in [0.25, 0.3) is 0 Å². The second-order valence-electron chi connectivity index (χ2n) is 9.22. The molecule has 2 aliphatic carbocycles. The van der Waals surface area contributed by atoms with Gasteiger partial charge in [0.05, 0.1) is 7.11 Å². The molecule has 0 saturated heterocycles. The van der Waals surface area contributed by atoms with Crippen LogP contribution >= 0.6 is 0 Å². The predicted molar refractivity (Wildman–Crippen MR) is 134 cm³/mol. The van der Waals surface area contributed by atoms with E-state index in [2.05, 4.69) is 55.7 Å². The lowest BCUT2D eigenvalue weighted by molar-refractivity contribution is 0.378. The van der Waals surface area contributed by atoms with Crippen molar-refractivity contribution in [1.29, 1.82) is 0 Å². The van der Waals surface area contributed by atoms with E-state index < -0.39 is 0 Å². The highest BCUT2D eigenvalue weighted by Crippen LogP contribution is 2.36. The number of phenols is 1. The van der Waals surface area contributed by atoms with Gasteiger partial charge in [0.1, 0.15) is 11.5 Å². The van der Waals surface area contributed by atoms with Crippen molar-refractivity contribution in [3.63, 3.8) is 0 Å². The van der Waals surface area contributed by atoms with E-state index in [4.69, 9.17) is 4.74 Å². The van der Waals surface area contributed by atoms with Gasteiger partial charge in [-0.3, -0.25) is 0 Å². The van der Waals surface area contributed by atoms with Crippen LogP contribution < -0.4 is 15.4 Å². The van der Waals surface area contributed by atoms with Crippen LogP contribution in [0.1, 0.15) is 74.6 Å². The lowest BCUT2D eigenvalue weighted by Gasteiger charge is -2.32. The quantitative estimate of drug-likeness (QED) is 0.545. The molecule has 3 N–H and O–H groups in total. The highest BCUT2D eigenvalue weighted by Gasteiger charge is 2.27. The molecule has 0 amide bonds. The van der Waals surface area contributed by atoms with E-state index >= 15 is 0 Å². The van der Waals surface area contributed by atoms with Gasteiger partial charge in [-0.1, -0.05) is 45.0 Å². The first-order valence-electron chi connectivity index (χ1n) is 12.5. The smallest absolute Gasteiger partial charge is 0.122 e. The standard InChI is InChI=1S/C15H23NO.C13H19NO/c1-4-10-16-14-9-8-13-12(11(14)2)6-5-7-15(13)17-3;1-2-8-14-11-6-7-12-10(9-11)4-3-5-13(12)15/h5-7,11,14,16H,4,8-10H2,1-3H3;3-5,11,14-15H,2,6-9H2,1H3/t;11-/m.0/s1. The summed E-state index contributed by atoms with van der Waals surface area (Å²) in [5.74, 6) is 2.12. The van der Waals surface area contributed by atoms with Crippen molar-refractivity contribution in [2.24, 2.45) is 0 Å². The number of fused-ring (bicyclic) bond motifs is 2. The molecule has 2 aromatic carbocycles. The van der Waals surface area contributed by atoms with Gasteiger partial charge in [-0.15, -0.1) is 0 Å². The molecule has 2 aliphatic rings. The summed E-state index contributed by atoms with van der Waals surface area (Å²) in [6.45, 7) is 8.95. The molecule has 4 nitrogen and oxygen atoms in total. The number of rotatable bonds is 7. The van der Waals surface area contributed by atoms with Crippen molar-refractivity contribution in [3.05, 3.63) is 58.7 Å². The van der Waals surface area contributed by atoms with Crippen LogP contribution in [0.4, 0.5) is 0 Å². The fraction of sp³-hybridized carbons (Fsp3) is 0.571. The Morgan fingerprint density at radius 1 is 0.938 bits per heavy atom. The van der Waals surface area contributed by atoms with Crippen molar-refractivity contribution in [1.82, 2.24) is 10.6 Å². The molecule has 4 heteroatoms. The third-order valence-electron chi connectivity index (χ3n) is 6.99. The Morgan fingerprint density at radius 3 is 2.41 bits per heavy atom. The van der Waals surface area contributed by atoms with Gasteiger partial charge in [0.2, 0.25) is 0 Å². The molecule has 0 saturated carbocycles. The maximum Gasteiger partial charge on any atom is 0.122 e. The Morgan fingerprint density at radius 2 is 1.66 bits per heavy atom. The fourth-order valence-electron chi connectivity index (χ4n) is 5.15. The van der Waals surface area contributed by atoms with Gasteiger partial charge < -0.3 is 20.5 Å². The molecular weight excluding hydrogens is 396 g/mol. The van der Waals surface area contributed by atoms with Crippen molar-refractivity contribution in [2.45, 2.75) is 83.7 Å². The summed E-state index contributed by atoms with van der Waals surface area (Å²) < 4.78 is 5.46. The molecule has 2 aromatic rings. The average molecular weight is 439 g/mol. The van der Waals surface area contributed by atoms with E-state index in [0.29, 0.717) is 23.8 Å². The van der Waals surface area contributed by atoms with Crippen LogP contribution in [0.25, 0.3) is 0 Å². The molecule has 3 atom stereocenters. The van der Waals surface area contributed by atoms with E-state index in [0.717, 1.165) is 50.1 Å². The van der Waals surface area contributed by atoms with Crippen molar-refractivity contribution in [2.75, 3.05) is 20.2 Å². The maximum absolute atomic E-state index is 9.70. The first-order valence-corrected chi connectivity index (χ1v) is 12.5. The zero-order valence-electron chi connectivity index (χ0n) is 20.4. The maximum atomic E-state index is 9.70. The monoisotopic (exact) mass is 438 g/mol. The largest absolute Gasteiger partial charge is 0.508 e. The summed E-state index contributed by atoms with van der Waals surface area (Å²) in [6.07, 6.45) is 7.94. The number of ether oxygens (including phenoxy) is 1. The number of hydrogen-bond acceptors (Lipinski definition) is 4. The summed E-state index contributed by atoms with van der Waals surface area (Å²) in [5.41, 5.74) is 5.35. The van der Waals surface area contributed by atoms with Crippen LogP contribution in [0.5, 0.6) is 11.5 Å². The first kappa shape index (κ1) is 24.6. The fourth-order valence-corrected chi connectivity index (χ4v) is 5.15. The molecule has 0 heterocycles. The number of nitrogens with one attached hydrogen (secondary N) is 2. The molecule has 4 rings (SSSR count). The zero-order valence-corrected chi connectivity index (χ0v) is 20.4. The summed E-state index contributed by atoms with van der Waals surface area (Å²) in [6, 6.07) is 13.5. The second-order valence-corrected chi connectivity index (χ2v) is 9.22. The molecule has 0 radical (unpaired) electrons. The van der Waals surface area contributed by atoms with Crippen LogP contribution in [0.2, 0.25) is 0 Å². The molecule has 0 aromatic heterocycles. The lowest BCUT2D eigenvalue weighted by Crippen LogP contribution is -2.37. The highest BCUT2D eigenvalue weighted by molar-refractivity contribution is 5.44. The highest BCUT2D eigenvalue weighted by atomic mass is 16.5. The van der Waals surface area contributed by atoms with Crippen LogP contribution in [-0.2, 0) is 19.3 Å². The Kier molecular flexibility index (Phi) is 9.43. The second kappa shape index (κ2) is 12.3. The number of hydrogen-bond donors (Lipinski definition) is 3. The van der Waals surface area contributed by atoms with Crippen LogP contribution in [0.3, 0.4) is 0 Å². The molecular formula is C28H42N2O2. The van der Waals surface area contributed by atoms with E-state index in [1.54, 1.807) is 13.2 Å². The molecule has 0 bridgehead atoms. The van der Waals surface area contributed by atoms with E-state index in [9.17, 15) is 5.11 Å². The predicted octanol–water partition coefficient (Wildman–Crippen LogP) is 5.36. The third-order valence-corrected chi connectivity index (χ3v) is 6.99. The van der Waals surface area contributed by atoms with Crippen LogP contribution in [0.15, 0.2) is 36.4 Å². The molecule has 0 fully saturated rings. The molecule has 32 heavy (non-hydrogen) atoms. The molecule has 2 unspecified atom stereocenters. The first-order chi connectivity index (χ1) is 15.6. The van der Waals surface area contributed by atoms with Crippen LogP contribution in [0, 0.1) is 0 Å². The van der Waals surface area contributed by atoms with Crippen molar-refractivity contribution < 1.29 is 9.84 Å². The van der Waals surface area contributed by atoms with Crippen molar-refractivity contribution >= 4 is 0 Å². The van der Waals surface area contributed by atoms with Gasteiger partial charge in [-0.05, 0) is 98.3 Å². The Labute approximate surface area is 194 Å². The number of methoxy groups -OCH3 is 1.